The van der Waals surface area contributed by atoms with Crippen molar-refractivity contribution in [3.8, 4) is 11.3 Å². The van der Waals surface area contributed by atoms with Crippen molar-refractivity contribution in [2.24, 2.45) is 0 Å². The number of likely N-dealkylation sites (N-methyl/N-ethyl adjacent to an activating group) is 1. The van der Waals surface area contributed by atoms with Gasteiger partial charge < -0.3 is 20.8 Å². The molecule has 1 aromatic heterocycles. The third-order valence-electron chi connectivity index (χ3n) is 3.53. The zero-order valence-corrected chi connectivity index (χ0v) is 12.6. The lowest BCUT2D eigenvalue weighted by Crippen LogP contribution is -2.53. The van der Waals surface area contributed by atoms with E-state index in [2.05, 4.69) is 26.0 Å². The highest BCUT2D eigenvalue weighted by Gasteiger charge is 2.33. The second-order valence-electron chi connectivity index (χ2n) is 5.11. The number of nitrogens with one attached hydrogen (secondary N) is 4. The van der Waals surface area contributed by atoms with Gasteiger partial charge in [0.1, 0.15) is 11.4 Å². The lowest BCUT2D eigenvalue weighted by Gasteiger charge is -2.31. The van der Waals surface area contributed by atoms with Gasteiger partial charge in [0.15, 0.2) is 0 Å². The summed E-state index contributed by atoms with van der Waals surface area (Å²) in [7, 11) is 1.35. The molecule has 0 saturated carbocycles. The predicted octanol–water partition coefficient (Wildman–Crippen LogP) is -0.0320. The van der Waals surface area contributed by atoms with Gasteiger partial charge in [-0.25, -0.2) is 0 Å². The Bertz CT molecular complexity index is 798. The van der Waals surface area contributed by atoms with Gasteiger partial charge in [0.05, 0.1) is 11.9 Å². The zero-order chi connectivity index (χ0) is 17.3. The van der Waals surface area contributed by atoms with Gasteiger partial charge in [-0.1, -0.05) is 17.3 Å². The standard InChI is InChI=1S/C14H15N7O3/c1-21-13(23)10(12(22)18-14(21)24)11(15)17-8-4-2-7(3-5-8)9-6-16-20-19-9/h2-6,14,18,22,24H,1H3,(H2,15,17)(H,16,19,20). The van der Waals surface area contributed by atoms with Crippen LogP contribution in [0, 0.1) is 5.41 Å². The highest BCUT2D eigenvalue weighted by molar-refractivity contribution is 6.24. The molecule has 0 radical (unpaired) electrons. The number of benzene rings is 1. The molecule has 2 heterocycles. The maximum absolute atomic E-state index is 12.1. The van der Waals surface area contributed by atoms with Crippen LogP contribution in [-0.2, 0) is 4.79 Å². The van der Waals surface area contributed by atoms with Crippen molar-refractivity contribution in [2.75, 3.05) is 12.4 Å². The fourth-order valence-corrected chi connectivity index (χ4v) is 2.18. The Balaban J connectivity index is 1.77. The van der Waals surface area contributed by atoms with Crippen LogP contribution in [0.2, 0.25) is 0 Å². The van der Waals surface area contributed by atoms with E-state index in [9.17, 15) is 15.0 Å². The average Bonchev–Trinajstić information content (AvgIpc) is 3.08. The Morgan fingerprint density at radius 2 is 2.08 bits per heavy atom. The number of aliphatic hydroxyl groups is 2. The number of aliphatic hydroxyl groups excluding tert-OH is 2. The first-order valence-corrected chi connectivity index (χ1v) is 6.95. The molecule has 1 amide bonds. The average molecular weight is 329 g/mol. The van der Waals surface area contributed by atoms with Gasteiger partial charge in [-0.2, -0.15) is 0 Å². The molecule has 24 heavy (non-hydrogen) atoms. The van der Waals surface area contributed by atoms with Gasteiger partial charge >= 0.3 is 0 Å². The summed E-state index contributed by atoms with van der Waals surface area (Å²) in [6, 6.07) is 6.99. The smallest absolute Gasteiger partial charge is 0.266 e. The molecule has 1 atom stereocenters. The molecule has 6 N–H and O–H groups in total. The van der Waals surface area contributed by atoms with Crippen LogP contribution in [0.25, 0.3) is 11.3 Å². The molecule has 0 aliphatic carbocycles. The van der Waals surface area contributed by atoms with Crippen molar-refractivity contribution in [2.45, 2.75) is 6.35 Å². The minimum atomic E-state index is -1.34. The number of anilines is 1. The quantitative estimate of drug-likeness (QED) is 0.342. The molecule has 3 rings (SSSR count). The normalized spacial score (nSPS) is 17.7. The molecule has 0 fully saturated rings. The summed E-state index contributed by atoms with van der Waals surface area (Å²) in [6.07, 6.45) is 0.247. The van der Waals surface area contributed by atoms with Gasteiger partial charge in [-0.3, -0.25) is 20.2 Å². The lowest BCUT2D eigenvalue weighted by molar-refractivity contribution is -0.138. The molecule has 0 bridgehead atoms. The first kappa shape index (κ1) is 15.5. The van der Waals surface area contributed by atoms with E-state index >= 15 is 0 Å². The maximum atomic E-state index is 12.1. The Morgan fingerprint density at radius 3 is 2.71 bits per heavy atom. The molecular weight excluding hydrogens is 314 g/mol. The molecule has 1 aliphatic heterocycles. The number of carbonyl (C=O) groups excluding carboxylic acids is 1. The molecule has 0 spiro atoms. The molecule has 0 saturated heterocycles. The second-order valence-corrected chi connectivity index (χ2v) is 5.11. The van der Waals surface area contributed by atoms with Crippen LogP contribution < -0.4 is 10.6 Å². The Morgan fingerprint density at radius 1 is 1.38 bits per heavy atom. The first-order chi connectivity index (χ1) is 11.5. The van der Waals surface area contributed by atoms with E-state index in [1.54, 1.807) is 30.5 Å². The van der Waals surface area contributed by atoms with Gasteiger partial charge in [-0.15, -0.1) is 5.10 Å². The number of nitrogens with zero attached hydrogens (tertiary/aromatic N) is 3. The third-order valence-corrected chi connectivity index (χ3v) is 3.53. The highest BCUT2D eigenvalue weighted by atomic mass is 16.3. The number of aromatic nitrogens is 3. The van der Waals surface area contributed by atoms with Crippen LogP contribution in [0.3, 0.4) is 0 Å². The third kappa shape index (κ3) is 2.77. The van der Waals surface area contributed by atoms with E-state index in [1.165, 1.54) is 7.05 Å². The van der Waals surface area contributed by atoms with Crippen molar-refractivity contribution in [3.63, 3.8) is 0 Å². The van der Waals surface area contributed by atoms with E-state index in [-0.39, 0.29) is 11.4 Å². The van der Waals surface area contributed by atoms with Gasteiger partial charge in [0, 0.05) is 18.3 Å². The minimum absolute atomic E-state index is 0.260. The number of carbonyl (C=O) groups is 1. The number of hydrogen-bond donors (Lipinski definition) is 6. The molecule has 1 unspecified atom stereocenters. The SMILES string of the molecule is CN1C(=O)C(C(=N)Nc2ccc(-c3cnn[nH]3)cc2)=C(O)NC1O. The van der Waals surface area contributed by atoms with Crippen molar-refractivity contribution in [1.29, 1.82) is 5.41 Å². The molecule has 2 aromatic rings. The number of aromatic amines is 1. The van der Waals surface area contributed by atoms with Crippen LogP contribution in [-0.4, -0.2) is 55.7 Å². The summed E-state index contributed by atoms with van der Waals surface area (Å²) in [5.41, 5.74) is 1.90. The largest absolute Gasteiger partial charge is 0.494 e. The lowest BCUT2D eigenvalue weighted by atomic mass is 10.1. The van der Waals surface area contributed by atoms with Crippen LogP contribution in [0.1, 0.15) is 0 Å². The Kier molecular flexibility index (Phi) is 3.88. The Labute approximate surface area is 136 Å². The topological polar surface area (TPSA) is 150 Å². The van der Waals surface area contributed by atoms with E-state index in [1.807, 2.05) is 0 Å². The fourth-order valence-electron chi connectivity index (χ4n) is 2.18. The predicted molar refractivity (Wildman–Crippen MR) is 84.7 cm³/mol. The number of H-pyrrole nitrogens is 1. The highest BCUT2D eigenvalue weighted by Crippen LogP contribution is 2.20. The monoisotopic (exact) mass is 329 g/mol. The van der Waals surface area contributed by atoms with E-state index in [0.717, 1.165) is 16.2 Å². The van der Waals surface area contributed by atoms with Crippen LogP contribution in [0.5, 0.6) is 0 Å². The van der Waals surface area contributed by atoms with Gasteiger partial charge in [0.25, 0.3) is 5.91 Å². The summed E-state index contributed by atoms with van der Waals surface area (Å²) in [5, 5.41) is 42.4. The second kappa shape index (κ2) is 6.01. The van der Waals surface area contributed by atoms with E-state index in [0.29, 0.717) is 5.69 Å². The van der Waals surface area contributed by atoms with Crippen molar-refractivity contribution < 1.29 is 15.0 Å². The van der Waals surface area contributed by atoms with Crippen molar-refractivity contribution in [3.05, 3.63) is 41.9 Å². The van der Waals surface area contributed by atoms with E-state index in [4.69, 9.17) is 5.41 Å². The molecule has 124 valence electrons. The number of rotatable bonds is 3. The summed E-state index contributed by atoms with van der Waals surface area (Å²) >= 11 is 0. The number of amidine groups is 1. The van der Waals surface area contributed by atoms with Crippen LogP contribution in [0.4, 0.5) is 5.69 Å². The van der Waals surface area contributed by atoms with E-state index < -0.39 is 18.1 Å². The van der Waals surface area contributed by atoms with Crippen LogP contribution >= 0.6 is 0 Å². The fraction of sp³-hybridized carbons (Fsp3) is 0.143. The molecule has 1 aromatic carbocycles. The number of hydrogen-bond acceptors (Lipinski definition) is 7. The summed E-state index contributed by atoms with van der Waals surface area (Å²) < 4.78 is 0. The molecule has 10 heteroatoms. The summed E-state index contributed by atoms with van der Waals surface area (Å²) in [5.74, 6) is -1.51. The van der Waals surface area contributed by atoms with Crippen molar-refractivity contribution >= 4 is 17.4 Å². The van der Waals surface area contributed by atoms with Crippen molar-refractivity contribution in [1.82, 2.24) is 25.6 Å². The maximum Gasteiger partial charge on any atom is 0.266 e. The number of amides is 1. The van der Waals surface area contributed by atoms with Gasteiger partial charge in [-0.05, 0) is 12.1 Å². The minimum Gasteiger partial charge on any atom is -0.494 e. The zero-order valence-electron chi connectivity index (χ0n) is 12.6. The molecule has 10 nitrogen and oxygen atoms in total. The first-order valence-electron chi connectivity index (χ1n) is 6.95. The Hall–Kier alpha value is -3.40. The summed E-state index contributed by atoms with van der Waals surface area (Å²) in [4.78, 5) is 13.1. The molecular formula is C14H15N7O3. The van der Waals surface area contributed by atoms with Gasteiger partial charge in [0.2, 0.25) is 12.2 Å². The summed E-state index contributed by atoms with van der Waals surface area (Å²) in [6.45, 7) is 0. The molecule has 1 aliphatic rings. The van der Waals surface area contributed by atoms with Crippen LogP contribution in [0.15, 0.2) is 41.9 Å².